The van der Waals surface area contributed by atoms with Crippen LogP contribution in [-0.2, 0) is 24.2 Å². The number of rotatable bonds is 6. The molecule has 1 aliphatic rings. The Morgan fingerprint density at radius 1 is 1.30 bits per heavy atom. The number of nitrogens with zero attached hydrogens (tertiary/aromatic N) is 2. The molecule has 27 heavy (non-hydrogen) atoms. The Bertz CT molecular complexity index is 868. The van der Waals surface area contributed by atoms with E-state index in [1.54, 1.807) is 12.4 Å². The van der Waals surface area contributed by atoms with Crippen molar-refractivity contribution in [2.75, 3.05) is 0 Å². The number of pyridine rings is 1. The van der Waals surface area contributed by atoms with Gasteiger partial charge >= 0.3 is 0 Å². The standard InChI is InChI=1S/C22H24N4O/c1-16(19-9-8-18-6-2-3-7-20(18)11-19)26-22(27)21(12-23)15-25-14-17-5-4-10-24-13-17/h4-5,8-11,13,15-16,25H,2-3,6-7,14H2,1H3,(H,26,27)/b21-15-. The van der Waals surface area contributed by atoms with Gasteiger partial charge in [0.2, 0.25) is 0 Å². The average molecular weight is 360 g/mol. The van der Waals surface area contributed by atoms with Crippen molar-refractivity contribution >= 4 is 5.91 Å². The van der Waals surface area contributed by atoms with Crippen molar-refractivity contribution in [1.29, 1.82) is 5.26 Å². The number of aromatic nitrogens is 1. The molecule has 1 aromatic carbocycles. The number of hydrogen-bond acceptors (Lipinski definition) is 4. The van der Waals surface area contributed by atoms with Crippen LogP contribution >= 0.6 is 0 Å². The first-order valence-corrected chi connectivity index (χ1v) is 9.32. The highest BCUT2D eigenvalue weighted by atomic mass is 16.1. The lowest BCUT2D eigenvalue weighted by atomic mass is 9.89. The fourth-order valence-corrected chi connectivity index (χ4v) is 3.30. The van der Waals surface area contributed by atoms with E-state index in [0.29, 0.717) is 6.54 Å². The van der Waals surface area contributed by atoms with E-state index in [1.165, 1.54) is 30.2 Å². The Balaban J connectivity index is 1.60. The van der Waals surface area contributed by atoms with Crippen molar-refractivity contribution < 1.29 is 4.79 Å². The van der Waals surface area contributed by atoms with Crippen LogP contribution < -0.4 is 10.6 Å². The van der Waals surface area contributed by atoms with E-state index >= 15 is 0 Å². The van der Waals surface area contributed by atoms with E-state index in [9.17, 15) is 10.1 Å². The third-order valence-electron chi connectivity index (χ3n) is 4.86. The highest BCUT2D eigenvalue weighted by molar-refractivity contribution is 5.97. The summed E-state index contributed by atoms with van der Waals surface area (Å²) in [6.07, 6.45) is 9.62. The molecular weight excluding hydrogens is 336 g/mol. The second-order valence-corrected chi connectivity index (χ2v) is 6.84. The van der Waals surface area contributed by atoms with Crippen LogP contribution in [0.2, 0.25) is 0 Å². The van der Waals surface area contributed by atoms with Gasteiger partial charge in [0, 0.05) is 25.1 Å². The number of hydrogen-bond donors (Lipinski definition) is 2. The number of amides is 1. The first-order chi connectivity index (χ1) is 13.2. The van der Waals surface area contributed by atoms with Gasteiger partial charge in [-0.1, -0.05) is 24.3 Å². The molecule has 5 nitrogen and oxygen atoms in total. The summed E-state index contributed by atoms with van der Waals surface area (Å²) < 4.78 is 0. The van der Waals surface area contributed by atoms with E-state index in [1.807, 2.05) is 25.1 Å². The van der Waals surface area contributed by atoms with Gasteiger partial charge < -0.3 is 10.6 Å². The Kier molecular flexibility index (Phi) is 6.22. The zero-order valence-electron chi connectivity index (χ0n) is 15.5. The molecule has 0 spiro atoms. The maximum atomic E-state index is 12.4. The third-order valence-corrected chi connectivity index (χ3v) is 4.86. The maximum absolute atomic E-state index is 12.4. The van der Waals surface area contributed by atoms with Crippen molar-refractivity contribution in [2.45, 2.75) is 45.2 Å². The van der Waals surface area contributed by atoms with Crippen LogP contribution in [0.5, 0.6) is 0 Å². The van der Waals surface area contributed by atoms with Crippen molar-refractivity contribution in [3.05, 3.63) is 76.8 Å². The van der Waals surface area contributed by atoms with Gasteiger partial charge in [0.1, 0.15) is 11.6 Å². The van der Waals surface area contributed by atoms with Gasteiger partial charge in [0.25, 0.3) is 5.91 Å². The van der Waals surface area contributed by atoms with Crippen LogP contribution in [-0.4, -0.2) is 10.9 Å². The van der Waals surface area contributed by atoms with Gasteiger partial charge in [-0.25, -0.2) is 0 Å². The average Bonchev–Trinajstić information content (AvgIpc) is 2.71. The molecule has 3 rings (SSSR count). The van der Waals surface area contributed by atoms with Gasteiger partial charge in [-0.15, -0.1) is 0 Å². The number of nitriles is 1. The maximum Gasteiger partial charge on any atom is 0.263 e. The number of carbonyl (C=O) groups is 1. The van der Waals surface area contributed by atoms with Crippen LogP contribution in [0.1, 0.15) is 48.1 Å². The fraction of sp³-hybridized carbons (Fsp3) is 0.318. The molecule has 0 aliphatic heterocycles. The molecule has 0 bridgehead atoms. The third kappa shape index (κ3) is 4.95. The Labute approximate surface area is 160 Å². The molecule has 1 amide bonds. The minimum absolute atomic E-state index is 0.0590. The summed E-state index contributed by atoms with van der Waals surface area (Å²) in [4.78, 5) is 16.5. The molecule has 0 fully saturated rings. The molecule has 2 N–H and O–H groups in total. The van der Waals surface area contributed by atoms with Crippen molar-refractivity contribution in [1.82, 2.24) is 15.6 Å². The normalized spacial score (nSPS) is 14.6. The van der Waals surface area contributed by atoms with Gasteiger partial charge in [-0.3, -0.25) is 9.78 Å². The second-order valence-electron chi connectivity index (χ2n) is 6.84. The summed E-state index contributed by atoms with van der Waals surface area (Å²) >= 11 is 0. The predicted octanol–water partition coefficient (Wildman–Crippen LogP) is 3.33. The largest absolute Gasteiger partial charge is 0.386 e. The topological polar surface area (TPSA) is 77.8 Å². The lowest BCUT2D eigenvalue weighted by molar-refractivity contribution is -0.117. The number of fused-ring (bicyclic) bond motifs is 1. The molecule has 0 saturated heterocycles. The van der Waals surface area contributed by atoms with Crippen LogP contribution in [0.25, 0.3) is 0 Å². The number of aryl methyl sites for hydroxylation is 2. The Hall–Kier alpha value is -3.13. The minimum atomic E-state index is -0.374. The quantitative estimate of drug-likeness (QED) is 0.612. The van der Waals surface area contributed by atoms with Crippen molar-refractivity contribution in [3.8, 4) is 6.07 Å². The van der Waals surface area contributed by atoms with E-state index in [4.69, 9.17) is 0 Å². The molecule has 1 unspecified atom stereocenters. The van der Waals surface area contributed by atoms with E-state index in [2.05, 4.69) is 33.8 Å². The van der Waals surface area contributed by atoms with Crippen LogP contribution in [0.3, 0.4) is 0 Å². The second kappa shape index (κ2) is 9.00. The van der Waals surface area contributed by atoms with Crippen molar-refractivity contribution in [3.63, 3.8) is 0 Å². The number of carbonyl (C=O) groups excluding carboxylic acids is 1. The number of nitrogens with one attached hydrogen (secondary N) is 2. The lowest BCUT2D eigenvalue weighted by Crippen LogP contribution is -2.28. The predicted molar refractivity (Wildman–Crippen MR) is 104 cm³/mol. The summed E-state index contributed by atoms with van der Waals surface area (Å²) in [5, 5.41) is 15.2. The highest BCUT2D eigenvalue weighted by Gasteiger charge is 2.16. The van der Waals surface area contributed by atoms with Gasteiger partial charge in [0.15, 0.2) is 0 Å². The first kappa shape index (κ1) is 18.7. The zero-order chi connectivity index (χ0) is 19.1. The summed E-state index contributed by atoms with van der Waals surface area (Å²) in [5.41, 5.74) is 4.91. The summed E-state index contributed by atoms with van der Waals surface area (Å²) in [7, 11) is 0. The first-order valence-electron chi connectivity index (χ1n) is 9.32. The van der Waals surface area contributed by atoms with Gasteiger partial charge in [0.05, 0.1) is 6.04 Å². The molecule has 1 heterocycles. The lowest BCUT2D eigenvalue weighted by Gasteiger charge is -2.20. The SMILES string of the molecule is CC(NC(=O)/C(C#N)=C\NCc1cccnc1)c1ccc2c(c1)CCCC2. The van der Waals surface area contributed by atoms with E-state index in [0.717, 1.165) is 24.0 Å². The van der Waals surface area contributed by atoms with Crippen LogP contribution in [0, 0.1) is 11.3 Å². The molecule has 0 saturated carbocycles. The van der Waals surface area contributed by atoms with E-state index < -0.39 is 0 Å². The van der Waals surface area contributed by atoms with Crippen LogP contribution in [0.15, 0.2) is 54.5 Å². The van der Waals surface area contributed by atoms with Crippen LogP contribution in [0.4, 0.5) is 0 Å². The van der Waals surface area contributed by atoms with Gasteiger partial charge in [-0.05, 0) is 60.9 Å². The molecular formula is C22H24N4O. The molecule has 1 aliphatic carbocycles. The van der Waals surface area contributed by atoms with Crippen molar-refractivity contribution in [2.24, 2.45) is 0 Å². The summed E-state index contributed by atoms with van der Waals surface area (Å²) in [6, 6.07) is 12.0. The van der Waals surface area contributed by atoms with E-state index in [-0.39, 0.29) is 17.5 Å². The Morgan fingerprint density at radius 2 is 2.11 bits per heavy atom. The molecule has 2 aromatic rings. The van der Waals surface area contributed by atoms with Gasteiger partial charge in [-0.2, -0.15) is 5.26 Å². The number of benzene rings is 1. The summed E-state index contributed by atoms with van der Waals surface area (Å²) in [6.45, 7) is 2.45. The summed E-state index contributed by atoms with van der Waals surface area (Å²) in [5.74, 6) is -0.374. The highest BCUT2D eigenvalue weighted by Crippen LogP contribution is 2.24. The molecule has 1 aromatic heterocycles. The fourth-order valence-electron chi connectivity index (χ4n) is 3.30. The molecule has 0 radical (unpaired) electrons. The zero-order valence-corrected chi connectivity index (χ0v) is 15.5. The smallest absolute Gasteiger partial charge is 0.263 e. The monoisotopic (exact) mass is 360 g/mol. The molecule has 5 heteroatoms. The Morgan fingerprint density at radius 3 is 2.85 bits per heavy atom. The molecule has 138 valence electrons. The molecule has 1 atom stereocenters. The minimum Gasteiger partial charge on any atom is -0.386 e.